The van der Waals surface area contributed by atoms with Crippen LogP contribution in [0.25, 0.3) is 0 Å². The van der Waals surface area contributed by atoms with Crippen LogP contribution in [0.4, 0.5) is 0 Å². The molecule has 0 saturated heterocycles. The van der Waals surface area contributed by atoms with Crippen LogP contribution >= 0.6 is 0 Å². The Labute approximate surface area is 171 Å². The highest BCUT2D eigenvalue weighted by molar-refractivity contribution is 5.70. The van der Waals surface area contributed by atoms with Crippen LogP contribution in [-0.4, -0.2) is 47.6 Å². The molecule has 166 valence electrons. The van der Waals surface area contributed by atoms with Gasteiger partial charge >= 0.3 is 11.9 Å². The molecule has 0 aliphatic rings. The second-order valence-electron chi connectivity index (χ2n) is 7.88. The van der Waals surface area contributed by atoms with Gasteiger partial charge in [0.25, 0.3) is 0 Å². The number of ether oxygens (including phenoxy) is 2. The van der Waals surface area contributed by atoms with Crippen molar-refractivity contribution in [2.75, 3.05) is 13.2 Å². The van der Waals surface area contributed by atoms with Crippen molar-refractivity contribution in [3.8, 4) is 0 Å². The third kappa shape index (κ3) is 13.9. The molecule has 0 aromatic rings. The van der Waals surface area contributed by atoms with Gasteiger partial charge in [0.2, 0.25) is 0 Å². The van der Waals surface area contributed by atoms with Gasteiger partial charge in [0.15, 0.2) is 0 Å². The zero-order valence-electron chi connectivity index (χ0n) is 18.3. The summed E-state index contributed by atoms with van der Waals surface area (Å²) < 4.78 is 10.8. The van der Waals surface area contributed by atoms with E-state index in [1.807, 2.05) is 27.7 Å². The Morgan fingerprint density at radius 2 is 1.07 bits per heavy atom. The molecule has 0 rings (SSSR count). The van der Waals surface area contributed by atoms with E-state index in [1.165, 1.54) is 0 Å². The second-order valence-corrected chi connectivity index (χ2v) is 7.88. The molecular weight excluding hydrogens is 360 g/mol. The summed E-state index contributed by atoms with van der Waals surface area (Å²) in [5.74, 6) is 0.0684. The molecule has 0 saturated carbocycles. The molecule has 2 N–H and O–H groups in total. The third-order valence-electron chi connectivity index (χ3n) is 5.31. The molecule has 0 fully saturated rings. The normalized spacial score (nSPS) is 15.5. The fraction of sp³-hybridized carbons (Fsp3) is 0.909. The zero-order valence-corrected chi connectivity index (χ0v) is 18.3. The van der Waals surface area contributed by atoms with Gasteiger partial charge in [0.1, 0.15) is 0 Å². The Morgan fingerprint density at radius 3 is 1.36 bits per heavy atom. The fourth-order valence-corrected chi connectivity index (χ4v) is 3.01. The predicted octanol–water partition coefficient (Wildman–Crippen LogP) is 4.01. The fourth-order valence-electron chi connectivity index (χ4n) is 3.01. The number of aliphatic hydroxyl groups is 2. The van der Waals surface area contributed by atoms with Crippen LogP contribution in [0.15, 0.2) is 0 Å². The van der Waals surface area contributed by atoms with Crippen molar-refractivity contribution >= 4 is 11.9 Å². The average Bonchev–Trinajstić information content (AvgIpc) is 2.66. The van der Waals surface area contributed by atoms with Crippen LogP contribution in [0.1, 0.15) is 91.9 Å². The summed E-state index contributed by atoms with van der Waals surface area (Å²) in [4.78, 5) is 23.7. The molecule has 0 aliphatic heterocycles. The minimum Gasteiger partial charge on any atom is -0.463 e. The van der Waals surface area contributed by atoms with Crippen molar-refractivity contribution < 1.29 is 29.3 Å². The topological polar surface area (TPSA) is 93.1 Å². The van der Waals surface area contributed by atoms with Crippen molar-refractivity contribution in [1.82, 2.24) is 0 Å². The minimum atomic E-state index is -0.235. The SMILES string of the molecule is CCC(CO)CCC(C)OC(=O)CCCCC(=O)OC(C)CCC(CC)CO. The van der Waals surface area contributed by atoms with E-state index in [4.69, 9.17) is 9.47 Å². The quantitative estimate of drug-likeness (QED) is 0.282. The first-order valence-electron chi connectivity index (χ1n) is 11.0. The second kappa shape index (κ2) is 16.8. The van der Waals surface area contributed by atoms with Gasteiger partial charge in [-0.15, -0.1) is 0 Å². The van der Waals surface area contributed by atoms with E-state index in [9.17, 15) is 19.8 Å². The summed E-state index contributed by atoms with van der Waals surface area (Å²) >= 11 is 0. The lowest BCUT2D eigenvalue weighted by Crippen LogP contribution is -2.18. The summed E-state index contributed by atoms with van der Waals surface area (Å²) in [6.45, 7) is 8.18. The van der Waals surface area contributed by atoms with Crippen molar-refractivity contribution in [3.05, 3.63) is 0 Å². The molecular formula is C22H42O6. The molecule has 0 spiro atoms. The first-order chi connectivity index (χ1) is 13.4. The number of carbonyl (C=O) groups excluding carboxylic acids is 2. The van der Waals surface area contributed by atoms with Crippen molar-refractivity contribution in [2.45, 2.75) is 104 Å². The van der Waals surface area contributed by atoms with Crippen molar-refractivity contribution in [2.24, 2.45) is 11.8 Å². The van der Waals surface area contributed by atoms with Gasteiger partial charge in [-0.3, -0.25) is 9.59 Å². The van der Waals surface area contributed by atoms with Gasteiger partial charge in [-0.2, -0.15) is 0 Å². The Morgan fingerprint density at radius 1 is 0.714 bits per heavy atom. The summed E-state index contributed by atoms with van der Waals surface area (Å²) in [7, 11) is 0. The molecule has 0 bridgehead atoms. The van der Waals surface area contributed by atoms with Crippen LogP contribution in [0.5, 0.6) is 0 Å². The average molecular weight is 403 g/mol. The van der Waals surface area contributed by atoms with E-state index in [1.54, 1.807) is 0 Å². The maximum Gasteiger partial charge on any atom is 0.306 e. The number of aliphatic hydroxyl groups excluding tert-OH is 2. The van der Waals surface area contributed by atoms with Gasteiger partial charge in [-0.1, -0.05) is 26.7 Å². The molecule has 0 radical (unpaired) electrons. The molecule has 4 atom stereocenters. The lowest BCUT2D eigenvalue weighted by molar-refractivity contribution is -0.151. The number of hydrogen-bond acceptors (Lipinski definition) is 6. The number of esters is 2. The van der Waals surface area contributed by atoms with Crippen LogP contribution in [0.3, 0.4) is 0 Å². The van der Waals surface area contributed by atoms with E-state index >= 15 is 0 Å². The Balaban J connectivity index is 3.81. The monoisotopic (exact) mass is 402 g/mol. The molecule has 0 amide bonds. The van der Waals surface area contributed by atoms with Crippen molar-refractivity contribution in [1.29, 1.82) is 0 Å². The maximum atomic E-state index is 11.9. The molecule has 28 heavy (non-hydrogen) atoms. The largest absolute Gasteiger partial charge is 0.463 e. The number of hydrogen-bond donors (Lipinski definition) is 2. The zero-order chi connectivity index (χ0) is 21.4. The van der Waals surface area contributed by atoms with Gasteiger partial charge in [0, 0.05) is 26.1 Å². The highest BCUT2D eigenvalue weighted by atomic mass is 16.5. The molecule has 6 heteroatoms. The van der Waals surface area contributed by atoms with E-state index in [-0.39, 0.29) is 49.2 Å². The van der Waals surface area contributed by atoms with Gasteiger partial charge < -0.3 is 19.7 Å². The highest BCUT2D eigenvalue weighted by Crippen LogP contribution is 2.15. The molecule has 4 unspecified atom stereocenters. The third-order valence-corrected chi connectivity index (χ3v) is 5.31. The molecule has 0 aromatic carbocycles. The van der Waals surface area contributed by atoms with Crippen LogP contribution < -0.4 is 0 Å². The van der Waals surface area contributed by atoms with Crippen molar-refractivity contribution in [3.63, 3.8) is 0 Å². The van der Waals surface area contributed by atoms with Gasteiger partial charge in [-0.05, 0) is 64.2 Å². The smallest absolute Gasteiger partial charge is 0.306 e. The van der Waals surface area contributed by atoms with Crippen LogP contribution in [0, 0.1) is 11.8 Å². The molecule has 0 aliphatic carbocycles. The van der Waals surface area contributed by atoms with Crippen LogP contribution in [-0.2, 0) is 19.1 Å². The van der Waals surface area contributed by atoms with E-state index < -0.39 is 0 Å². The Bertz CT molecular complexity index is 366. The Kier molecular flexibility index (Phi) is 16.1. The first kappa shape index (κ1) is 26.9. The van der Waals surface area contributed by atoms with Gasteiger partial charge in [0.05, 0.1) is 12.2 Å². The van der Waals surface area contributed by atoms with E-state index in [0.29, 0.717) is 25.7 Å². The summed E-state index contributed by atoms with van der Waals surface area (Å²) in [6, 6.07) is 0. The summed E-state index contributed by atoms with van der Waals surface area (Å²) in [5.41, 5.74) is 0. The molecule has 0 heterocycles. The van der Waals surface area contributed by atoms with E-state index in [0.717, 1.165) is 38.5 Å². The lowest BCUT2D eigenvalue weighted by Gasteiger charge is -2.17. The predicted molar refractivity (Wildman–Crippen MR) is 110 cm³/mol. The highest BCUT2D eigenvalue weighted by Gasteiger charge is 2.14. The summed E-state index contributed by atoms with van der Waals surface area (Å²) in [6.07, 6.45) is 6.57. The minimum absolute atomic E-state index is 0.148. The lowest BCUT2D eigenvalue weighted by atomic mass is 10.00. The number of rotatable bonds is 17. The maximum absolute atomic E-state index is 11.9. The van der Waals surface area contributed by atoms with Crippen LogP contribution in [0.2, 0.25) is 0 Å². The summed E-state index contributed by atoms with van der Waals surface area (Å²) in [5, 5.41) is 18.4. The number of unbranched alkanes of at least 4 members (excludes halogenated alkanes) is 1. The Hall–Kier alpha value is -1.14. The molecule has 0 aromatic heterocycles. The number of carbonyl (C=O) groups is 2. The molecule has 6 nitrogen and oxygen atoms in total. The first-order valence-corrected chi connectivity index (χ1v) is 11.0. The van der Waals surface area contributed by atoms with E-state index in [2.05, 4.69) is 0 Å². The standard InChI is InChI=1S/C22H42O6/c1-5-19(15-23)13-11-17(3)27-21(25)9-7-8-10-22(26)28-18(4)12-14-20(6-2)16-24/h17-20,23-24H,5-16H2,1-4H3. The van der Waals surface area contributed by atoms with Gasteiger partial charge in [-0.25, -0.2) is 0 Å².